The number of amides is 1. The minimum absolute atomic E-state index is 0.141. The lowest BCUT2D eigenvalue weighted by atomic mass is 10.1. The highest BCUT2D eigenvalue weighted by Crippen LogP contribution is 2.26. The Morgan fingerprint density at radius 3 is 2.56 bits per heavy atom. The van der Waals surface area contributed by atoms with Crippen LogP contribution in [0.5, 0.6) is 0 Å². The maximum absolute atomic E-state index is 12.5. The van der Waals surface area contributed by atoms with E-state index in [0.29, 0.717) is 10.5 Å². The van der Waals surface area contributed by atoms with Crippen LogP contribution in [0.4, 0.5) is 0 Å². The van der Waals surface area contributed by atoms with Crippen LogP contribution in [-0.4, -0.2) is 34.4 Å². The van der Waals surface area contributed by atoms with Crippen molar-refractivity contribution < 1.29 is 4.79 Å². The van der Waals surface area contributed by atoms with E-state index in [2.05, 4.69) is 26.5 Å². The molecule has 98 valence electrons. The van der Waals surface area contributed by atoms with Gasteiger partial charge in [-0.05, 0) is 24.6 Å². The van der Waals surface area contributed by atoms with Gasteiger partial charge in [0.15, 0.2) is 0 Å². The number of hydrogen-bond acceptors (Lipinski definition) is 3. The molecule has 0 N–H and O–H groups in total. The molecule has 0 saturated carbocycles. The van der Waals surface area contributed by atoms with Gasteiger partial charge in [0.2, 0.25) is 0 Å². The first-order valence-electron chi connectivity index (χ1n) is 6.21. The number of thiol groups is 1. The summed E-state index contributed by atoms with van der Waals surface area (Å²) in [6, 6.07) is 5.76. The lowest BCUT2D eigenvalue weighted by Gasteiger charge is -2.35. The van der Waals surface area contributed by atoms with Gasteiger partial charge in [-0.25, -0.2) is 0 Å². The van der Waals surface area contributed by atoms with E-state index in [1.165, 1.54) is 0 Å². The molecule has 1 amide bonds. The van der Waals surface area contributed by atoms with Crippen molar-refractivity contribution in [1.82, 2.24) is 4.90 Å². The van der Waals surface area contributed by atoms with Crippen LogP contribution < -0.4 is 0 Å². The van der Waals surface area contributed by atoms with Crippen molar-refractivity contribution in [2.75, 3.05) is 13.1 Å². The molecule has 0 radical (unpaired) electrons. The molecule has 2 nitrogen and oxygen atoms in total. The van der Waals surface area contributed by atoms with Crippen LogP contribution in [0, 0.1) is 6.92 Å². The Morgan fingerprint density at radius 2 is 1.94 bits per heavy atom. The van der Waals surface area contributed by atoms with Gasteiger partial charge in [0, 0.05) is 34.0 Å². The Kier molecular flexibility index (Phi) is 4.28. The summed E-state index contributed by atoms with van der Waals surface area (Å²) in [5.41, 5.74) is 1.81. The molecule has 2 rings (SSSR count). The highest BCUT2D eigenvalue weighted by atomic mass is 32.2. The summed E-state index contributed by atoms with van der Waals surface area (Å²) >= 11 is 6.28. The number of carbonyl (C=O) groups excluding carboxylic acids is 1. The van der Waals surface area contributed by atoms with Crippen LogP contribution in [0.15, 0.2) is 23.1 Å². The quantitative estimate of drug-likeness (QED) is 0.798. The topological polar surface area (TPSA) is 20.3 Å². The average molecular weight is 281 g/mol. The fourth-order valence-electron chi connectivity index (χ4n) is 2.35. The van der Waals surface area contributed by atoms with E-state index in [9.17, 15) is 4.79 Å². The van der Waals surface area contributed by atoms with E-state index in [1.807, 2.05) is 41.8 Å². The molecular formula is C14H19NOS2. The molecule has 4 heteroatoms. The SMILES string of the molecule is Cc1ccc(S)cc1C(=O)N1CC(C)SC(C)C1. The summed E-state index contributed by atoms with van der Waals surface area (Å²) in [5.74, 6) is 0.141. The summed E-state index contributed by atoms with van der Waals surface area (Å²) in [7, 11) is 0. The van der Waals surface area contributed by atoms with Gasteiger partial charge in [0.25, 0.3) is 5.91 Å². The van der Waals surface area contributed by atoms with E-state index >= 15 is 0 Å². The van der Waals surface area contributed by atoms with Crippen molar-refractivity contribution in [3.63, 3.8) is 0 Å². The standard InChI is InChI=1S/C14H19NOS2/c1-9-4-5-12(17)6-13(9)14(16)15-7-10(2)18-11(3)8-15/h4-6,10-11,17H,7-8H2,1-3H3. The second kappa shape index (κ2) is 5.57. The minimum atomic E-state index is 0.141. The molecule has 1 aromatic carbocycles. The molecule has 0 aromatic heterocycles. The van der Waals surface area contributed by atoms with Crippen LogP contribution >= 0.6 is 24.4 Å². The Hall–Kier alpha value is -0.610. The zero-order valence-corrected chi connectivity index (χ0v) is 12.7. The number of aryl methyl sites for hydroxylation is 1. The van der Waals surface area contributed by atoms with Crippen molar-refractivity contribution in [2.24, 2.45) is 0 Å². The van der Waals surface area contributed by atoms with Crippen molar-refractivity contribution in [2.45, 2.75) is 36.2 Å². The van der Waals surface area contributed by atoms with Crippen LogP contribution in [0.2, 0.25) is 0 Å². The smallest absolute Gasteiger partial charge is 0.254 e. The molecule has 0 aliphatic carbocycles. The molecule has 1 fully saturated rings. The minimum Gasteiger partial charge on any atom is -0.336 e. The Labute approximate surface area is 119 Å². The third-order valence-electron chi connectivity index (χ3n) is 3.16. The van der Waals surface area contributed by atoms with Crippen LogP contribution in [0.1, 0.15) is 29.8 Å². The lowest BCUT2D eigenvalue weighted by molar-refractivity contribution is 0.0752. The third kappa shape index (κ3) is 3.04. The van der Waals surface area contributed by atoms with Gasteiger partial charge >= 0.3 is 0 Å². The Bertz CT molecular complexity index is 451. The third-order valence-corrected chi connectivity index (χ3v) is 4.66. The van der Waals surface area contributed by atoms with Crippen LogP contribution in [0.25, 0.3) is 0 Å². The first kappa shape index (κ1) is 13.8. The van der Waals surface area contributed by atoms with Crippen molar-refractivity contribution >= 4 is 30.3 Å². The zero-order valence-electron chi connectivity index (χ0n) is 11.0. The number of nitrogens with zero attached hydrogens (tertiary/aromatic N) is 1. The maximum Gasteiger partial charge on any atom is 0.254 e. The first-order chi connectivity index (χ1) is 8.47. The Balaban J connectivity index is 2.22. The fourth-order valence-corrected chi connectivity index (χ4v) is 3.88. The first-order valence-corrected chi connectivity index (χ1v) is 7.60. The highest BCUT2D eigenvalue weighted by Gasteiger charge is 2.27. The molecule has 1 aliphatic heterocycles. The number of carbonyl (C=O) groups is 1. The molecule has 2 unspecified atom stereocenters. The van der Waals surface area contributed by atoms with Crippen LogP contribution in [-0.2, 0) is 0 Å². The number of benzene rings is 1. The molecule has 18 heavy (non-hydrogen) atoms. The second-order valence-corrected chi connectivity index (χ2v) is 7.36. The van der Waals surface area contributed by atoms with Gasteiger partial charge in [-0.15, -0.1) is 12.6 Å². The molecule has 0 bridgehead atoms. The fraction of sp³-hybridized carbons (Fsp3) is 0.500. The molecule has 2 atom stereocenters. The monoisotopic (exact) mass is 281 g/mol. The number of hydrogen-bond donors (Lipinski definition) is 1. The lowest BCUT2D eigenvalue weighted by Crippen LogP contribution is -2.44. The Morgan fingerprint density at radius 1 is 1.33 bits per heavy atom. The molecular weight excluding hydrogens is 262 g/mol. The van der Waals surface area contributed by atoms with Gasteiger partial charge in [-0.1, -0.05) is 19.9 Å². The summed E-state index contributed by atoms with van der Waals surface area (Å²) < 4.78 is 0. The zero-order chi connectivity index (χ0) is 13.3. The molecule has 1 saturated heterocycles. The summed E-state index contributed by atoms with van der Waals surface area (Å²) in [6.45, 7) is 8.02. The van der Waals surface area contributed by atoms with Gasteiger partial charge in [0.1, 0.15) is 0 Å². The van der Waals surface area contributed by atoms with Crippen LogP contribution in [0.3, 0.4) is 0 Å². The number of rotatable bonds is 1. The highest BCUT2D eigenvalue weighted by molar-refractivity contribution is 8.00. The predicted molar refractivity (Wildman–Crippen MR) is 80.8 cm³/mol. The molecule has 1 heterocycles. The van der Waals surface area contributed by atoms with E-state index in [4.69, 9.17) is 0 Å². The second-order valence-electron chi connectivity index (χ2n) is 4.97. The predicted octanol–water partition coefficient (Wildman–Crippen LogP) is 3.25. The molecule has 1 aromatic rings. The van der Waals surface area contributed by atoms with Crippen molar-refractivity contribution in [3.05, 3.63) is 29.3 Å². The van der Waals surface area contributed by atoms with Gasteiger partial charge in [0.05, 0.1) is 0 Å². The number of thioether (sulfide) groups is 1. The van der Waals surface area contributed by atoms with Gasteiger partial charge in [-0.2, -0.15) is 11.8 Å². The molecule has 0 spiro atoms. The van der Waals surface area contributed by atoms with E-state index in [-0.39, 0.29) is 5.91 Å². The van der Waals surface area contributed by atoms with Gasteiger partial charge in [-0.3, -0.25) is 4.79 Å². The average Bonchev–Trinajstić information content (AvgIpc) is 2.30. The molecule has 1 aliphatic rings. The summed E-state index contributed by atoms with van der Waals surface area (Å²) in [6.07, 6.45) is 0. The summed E-state index contributed by atoms with van der Waals surface area (Å²) in [5, 5.41) is 1.02. The van der Waals surface area contributed by atoms with Crippen molar-refractivity contribution in [1.29, 1.82) is 0 Å². The normalized spacial score (nSPS) is 24.1. The van der Waals surface area contributed by atoms with Gasteiger partial charge < -0.3 is 4.90 Å². The van der Waals surface area contributed by atoms with E-state index in [1.54, 1.807) is 0 Å². The van der Waals surface area contributed by atoms with Crippen molar-refractivity contribution in [3.8, 4) is 0 Å². The van der Waals surface area contributed by atoms with E-state index < -0.39 is 0 Å². The summed E-state index contributed by atoms with van der Waals surface area (Å²) in [4.78, 5) is 15.4. The largest absolute Gasteiger partial charge is 0.336 e. The maximum atomic E-state index is 12.5. The van der Waals surface area contributed by atoms with E-state index in [0.717, 1.165) is 29.1 Å².